The lowest BCUT2D eigenvalue weighted by Crippen LogP contribution is -2.22. The molecule has 0 aromatic rings. The van der Waals surface area contributed by atoms with Crippen LogP contribution in [0.1, 0.15) is 40.0 Å². The molecule has 0 unspecified atom stereocenters. The van der Waals surface area contributed by atoms with Gasteiger partial charge in [-0.2, -0.15) is 0 Å². The number of amides is 2. The average Bonchev–Trinajstić information content (AvgIpc) is 2.61. The Morgan fingerprint density at radius 1 is 1.16 bits per heavy atom. The number of allylic oxidation sites excluding steroid dienone is 4. The molecule has 1 rings (SSSR count). The SMILES string of the molecule is CC1=C(C/C=C(\C)CC/C=C(/C)C=O)C(=O)NC1=O. The molecule has 19 heavy (non-hydrogen) atoms. The summed E-state index contributed by atoms with van der Waals surface area (Å²) in [6.07, 6.45) is 6.80. The molecule has 1 aliphatic heterocycles. The third kappa shape index (κ3) is 4.32. The number of hydrogen-bond acceptors (Lipinski definition) is 3. The van der Waals surface area contributed by atoms with Crippen LogP contribution < -0.4 is 5.32 Å². The topological polar surface area (TPSA) is 63.2 Å². The van der Waals surface area contributed by atoms with Crippen molar-refractivity contribution in [1.29, 1.82) is 0 Å². The van der Waals surface area contributed by atoms with Gasteiger partial charge in [-0.3, -0.25) is 19.7 Å². The largest absolute Gasteiger partial charge is 0.298 e. The summed E-state index contributed by atoms with van der Waals surface area (Å²) in [6, 6.07) is 0. The lowest BCUT2D eigenvalue weighted by molar-refractivity contribution is -0.124. The van der Waals surface area contributed by atoms with Gasteiger partial charge in [0, 0.05) is 11.1 Å². The monoisotopic (exact) mass is 261 g/mol. The quantitative estimate of drug-likeness (QED) is 0.345. The molecular weight excluding hydrogens is 242 g/mol. The molecule has 4 nitrogen and oxygen atoms in total. The minimum atomic E-state index is -0.296. The zero-order valence-electron chi connectivity index (χ0n) is 11.6. The van der Waals surface area contributed by atoms with Crippen molar-refractivity contribution in [2.45, 2.75) is 40.0 Å². The molecule has 0 saturated carbocycles. The van der Waals surface area contributed by atoms with Crippen LogP contribution in [0.15, 0.2) is 34.4 Å². The van der Waals surface area contributed by atoms with E-state index in [-0.39, 0.29) is 11.8 Å². The van der Waals surface area contributed by atoms with Crippen LogP contribution in [0.3, 0.4) is 0 Å². The van der Waals surface area contributed by atoms with Crippen LogP contribution >= 0.6 is 0 Å². The van der Waals surface area contributed by atoms with Gasteiger partial charge in [-0.15, -0.1) is 0 Å². The summed E-state index contributed by atoms with van der Waals surface area (Å²) in [4.78, 5) is 33.2. The molecule has 0 bridgehead atoms. The predicted octanol–water partition coefficient (Wildman–Crippen LogP) is 2.22. The fourth-order valence-corrected chi connectivity index (χ4v) is 1.78. The third-order valence-corrected chi connectivity index (χ3v) is 3.14. The molecule has 0 spiro atoms. The maximum Gasteiger partial charge on any atom is 0.254 e. The van der Waals surface area contributed by atoms with Gasteiger partial charge in [0.05, 0.1) is 0 Å². The van der Waals surface area contributed by atoms with E-state index in [0.717, 1.165) is 30.3 Å². The van der Waals surface area contributed by atoms with Crippen LogP contribution in [0.25, 0.3) is 0 Å². The minimum absolute atomic E-state index is 0.289. The molecule has 1 aliphatic rings. The second-order valence-electron chi connectivity index (χ2n) is 4.75. The Hall–Kier alpha value is -1.97. The Balaban J connectivity index is 2.55. The van der Waals surface area contributed by atoms with Gasteiger partial charge < -0.3 is 0 Å². The summed E-state index contributed by atoms with van der Waals surface area (Å²) < 4.78 is 0. The van der Waals surface area contributed by atoms with Crippen molar-refractivity contribution in [3.05, 3.63) is 34.4 Å². The van der Waals surface area contributed by atoms with E-state index in [1.807, 2.05) is 19.1 Å². The molecule has 0 radical (unpaired) electrons. The number of carbonyl (C=O) groups is 3. The van der Waals surface area contributed by atoms with Crippen molar-refractivity contribution < 1.29 is 14.4 Å². The number of aldehydes is 1. The molecule has 1 heterocycles. The van der Waals surface area contributed by atoms with Gasteiger partial charge in [-0.25, -0.2) is 0 Å². The van der Waals surface area contributed by atoms with Crippen molar-refractivity contribution in [1.82, 2.24) is 5.32 Å². The van der Waals surface area contributed by atoms with Gasteiger partial charge in [0.15, 0.2) is 0 Å². The minimum Gasteiger partial charge on any atom is -0.298 e. The first-order valence-corrected chi connectivity index (χ1v) is 6.28. The maximum atomic E-state index is 11.5. The zero-order chi connectivity index (χ0) is 14.4. The van der Waals surface area contributed by atoms with Crippen molar-refractivity contribution in [3.63, 3.8) is 0 Å². The Bertz CT molecular complexity index is 496. The second kappa shape index (κ2) is 6.83. The van der Waals surface area contributed by atoms with Crippen LogP contribution in [0.2, 0.25) is 0 Å². The summed E-state index contributed by atoms with van der Waals surface area (Å²) in [5.41, 5.74) is 2.92. The van der Waals surface area contributed by atoms with Gasteiger partial charge in [-0.1, -0.05) is 17.7 Å². The van der Waals surface area contributed by atoms with E-state index in [9.17, 15) is 14.4 Å². The Labute approximate surface area is 113 Å². The standard InChI is InChI=1S/C15H19NO3/c1-10(5-4-6-11(2)9-17)7-8-13-12(3)14(18)16-15(13)19/h6-7,9H,4-5,8H2,1-3H3,(H,16,18,19)/b10-7+,11-6-. The molecule has 0 fully saturated rings. The summed E-state index contributed by atoms with van der Waals surface area (Å²) in [7, 11) is 0. The van der Waals surface area contributed by atoms with Crippen molar-refractivity contribution in [2.75, 3.05) is 0 Å². The fourth-order valence-electron chi connectivity index (χ4n) is 1.78. The molecule has 0 aliphatic carbocycles. The first kappa shape index (κ1) is 15.1. The molecule has 0 saturated heterocycles. The van der Waals surface area contributed by atoms with E-state index in [4.69, 9.17) is 0 Å². The highest BCUT2D eigenvalue weighted by molar-refractivity contribution is 6.19. The van der Waals surface area contributed by atoms with E-state index in [2.05, 4.69) is 5.32 Å². The molecule has 102 valence electrons. The van der Waals surface area contributed by atoms with Gasteiger partial charge >= 0.3 is 0 Å². The highest BCUT2D eigenvalue weighted by Gasteiger charge is 2.25. The van der Waals surface area contributed by atoms with E-state index >= 15 is 0 Å². The molecule has 0 aromatic carbocycles. The Morgan fingerprint density at radius 3 is 2.37 bits per heavy atom. The molecule has 0 aromatic heterocycles. The number of nitrogens with one attached hydrogen (secondary N) is 1. The molecule has 0 atom stereocenters. The van der Waals surface area contributed by atoms with Crippen LogP contribution in [0, 0.1) is 0 Å². The van der Waals surface area contributed by atoms with Crippen LogP contribution in [-0.4, -0.2) is 18.1 Å². The Morgan fingerprint density at radius 2 is 1.84 bits per heavy atom. The van der Waals surface area contributed by atoms with Crippen LogP contribution in [0.4, 0.5) is 0 Å². The normalized spacial score (nSPS) is 17.0. The molecule has 4 heteroatoms. The van der Waals surface area contributed by atoms with Gasteiger partial charge in [0.1, 0.15) is 6.29 Å². The van der Waals surface area contributed by atoms with Gasteiger partial charge in [0.2, 0.25) is 0 Å². The first-order chi connectivity index (χ1) is 8.95. The van der Waals surface area contributed by atoms with E-state index in [1.54, 1.807) is 13.8 Å². The van der Waals surface area contributed by atoms with Crippen molar-refractivity contribution in [3.8, 4) is 0 Å². The average molecular weight is 261 g/mol. The fraction of sp³-hybridized carbons (Fsp3) is 0.400. The van der Waals surface area contributed by atoms with E-state index in [0.29, 0.717) is 17.6 Å². The summed E-state index contributed by atoms with van der Waals surface area (Å²) in [5.74, 6) is -0.584. The van der Waals surface area contributed by atoms with Gasteiger partial charge in [0.25, 0.3) is 11.8 Å². The predicted molar refractivity (Wildman–Crippen MR) is 73.3 cm³/mol. The molecule has 2 amide bonds. The third-order valence-electron chi connectivity index (χ3n) is 3.14. The van der Waals surface area contributed by atoms with Crippen molar-refractivity contribution in [2.24, 2.45) is 0 Å². The van der Waals surface area contributed by atoms with Crippen LogP contribution in [-0.2, 0) is 14.4 Å². The Kier molecular flexibility index (Phi) is 5.42. The lowest BCUT2D eigenvalue weighted by Gasteiger charge is -2.00. The van der Waals surface area contributed by atoms with Crippen LogP contribution in [0.5, 0.6) is 0 Å². The summed E-state index contributed by atoms with van der Waals surface area (Å²) in [5, 5.41) is 2.28. The summed E-state index contributed by atoms with van der Waals surface area (Å²) in [6.45, 7) is 5.41. The lowest BCUT2D eigenvalue weighted by atomic mass is 10.0. The first-order valence-electron chi connectivity index (χ1n) is 6.28. The number of imide groups is 1. The van der Waals surface area contributed by atoms with Gasteiger partial charge in [-0.05, 0) is 45.6 Å². The maximum absolute atomic E-state index is 11.5. The number of rotatable bonds is 6. The highest BCUT2D eigenvalue weighted by atomic mass is 16.2. The molecule has 1 N–H and O–H groups in total. The number of carbonyl (C=O) groups excluding carboxylic acids is 3. The number of hydrogen-bond donors (Lipinski definition) is 1. The zero-order valence-corrected chi connectivity index (χ0v) is 11.6. The van der Waals surface area contributed by atoms with Crippen molar-refractivity contribution >= 4 is 18.1 Å². The second-order valence-corrected chi connectivity index (χ2v) is 4.75. The smallest absolute Gasteiger partial charge is 0.254 e. The summed E-state index contributed by atoms with van der Waals surface area (Å²) >= 11 is 0. The molecular formula is C15H19NO3. The van der Waals surface area contributed by atoms with E-state index in [1.165, 1.54) is 0 Å². The highest BCUT2D eigenvalue weighted by Crippen LogP contribution is 2.18. The van der Waals surface area contributed by atoms with E-state index < -0.39 is 0 Å².